The van der Waals surface area contributed by atoms with Gasteiger partial charge in [0, 0.05) is 40.0 Å². The molecule has 1 aliphatic heterocycles. The van der Waals surface area contributed by atoms with Crippen molar-refractivity contribution in [3.05, 3.63) is 125 Å². The molecular weight excluding hydrogens is 577 g/mol. The molecule has 0 unspecified atom stereocenters. The molecule has 0 spiro atoms. The summed E-state index contributed by atoms with van der Waals surface area (Å²) in [5.74, 6) is 0. The lowest BCUT2D eigenvalue weighted by atomic mass is 9.82. The second kappa shape index (κ2) is 10.3. The van der Waals surface area contributed by atoms with Crippen molar-refractivity contribution in [3.8, 4) is 33.4 Å². The van der Waals surface area contributed by atoms with E-state index < -0.39 is 0 Å². The van der Waals surface area contributed by atoms with Gasteiger partial charge in [-0.2, -0.15) is 0 Å². The van der Waals surface area contributed by atoms with Crippen LogP contribution < -0.4 is 0 Å². The molecule has 0 bridgehead atoms. The van der Waals surface area contributed by atoms with E-state index in [9.17, 15) is 0 Å². The van der Waals surface area contributed by atoms with Gasteiger partial charge in [0.25, 0.3) is 0 Å². The maximum Gasteiger partial charge on any atom is 0.0352 e. The van der Waals surface area contributed by atoms with E-state index in [1.54, 1.807) is 0 Å². The van der Waals surface area contributed by atoms with Crippen LogP contribution in [0.1, 0.15) is 48.8 Å². The molecule has 1 aliphatic carbocycles. The summed E-state index contributed by atoms with van der Waals surface area (Å²) in [5, 5.41) is 1.36. The second-order valence-electron chi connectivity index (χ2n) is 12.1. The van der Waals surface area contributed by atoms with E-state index in [-0.39, 0.29) is 5.41 Å². The number of aryl methyl sites for hydroxylation is 1. The Balaban J connectivity index is 1.19. The topological polar surface area (TPSA) is 0 Å². The Morgan fingerprint density at radius 3 is 2.02 bits per heavy atom. The smallest absolute Gasteiger partial charge is 0.0352 e. The van der Waals surface area contributed by atoms with Crippen molar-refractivity contribution in [3.63, 3.8) is 0 Å². The first-order chi connectivity index (χ1) is 20.9. The van der Waals surface area contributed by atoms with Crippen LogP contribution >= 0.6 is 34.9 Å². The summed E-state index contributed by atoms with van der Waals surface area (Å²) in [6.07, 6.45) is 5.61. The predicted molar refractivity (Wildman–Crippen MR) is 189 cm³/mol. The van der Waals surface area contributed by atoms with Crippen LogP contribution in [0.3, 0.4) is 0 Å². The molecule has 0 N–H and O–H groups in total. The number of fused-ring (bicyclic) bond motifs is 6. The fourth-order valence-corrected chi connectivity index (χ4v) is 10.0. The van der Waals surface area contributed by atoms with Crippen molar-refractivity contribution < 1.29 is 0 Å². The highest BCUT2D eigenvalue weighted by Crippen LogP contribution is 2.56. The Kier molecular flexibility index (Phi) is 6.49. The highest BCUT2D eigenvalue weighted by Gasteiger charge is 2.37. The van der Waals surface area contributed by atoms with Gasteiger partial charge in [-0.15, -0.1) is 11.3 Å². The highest BCUT2D eigenvalue weighted by atomic mass is 32.2. The average Bonchev–Trinajstić information content (AvgIpc) is 3.46. The van der Waals surface area contributed by atoms with Crippen LogP contribution in [0.15, 0.2) is 123 Å². The molecular formula is C40H32S3. The van der Waals surface area contributed by atoms with E-state index in [0.717, 1.165) is 6.42 Å². The fraction of sp³-hybridized carbons (Fsp3) is 0.150. The number of allylic oxidation sites excluding steroid dienone is 1. The molecule has 0 saturated heterocycles. The number of benzene rings is 5. The van der Waals surface area contributed by atoms with E-state index in [2.05, 4.69) is 137 Å². The molecule has 3 heteroatoms. The number of hydrogen-bond donors (Lipinski definition) is 0. The zero-order chi connectivity index (χ0) is 29.3. The lowest BCUT2D eigenvalue weighted by Crippen LogP contribution is -2.15. The van der Waals surface area contributed by atoms with Gasteiger partial charge in [-0.25, -0.2) is 0 Å². The first-order valence-electron chi connectivity index (χ1n) is 15.0. The molecule has 2 heterocycles. The molecule has 1 aromatic heterocycles. The summed E-state index contributed by atoms with van der Waals surface area (Å²) in [5.41, 5.74) is 12.0. The van der Waals surface area contributed by atoms with Crippen molar-refractivity contribution in [2.75, 3.05) is 0 Å². The van der Waals surface area contributed by atoms with Crippen molar-refractivity contribution in [1.29, 1.82) is 0 Å². The molecule has 5 aromatic carbocycles. The quantitative estimate of drug-likeness (QED) is 0.195. The summed E-state index contributed by atoms with van der Waals surface area (Å²) >= 11 is 5.71. The van der Waals surface area contributed by atoms with Crippen LogP contribution in [0.25, 0.3) is 49.5 Å². The summed E-state index contributed by atoms with van der Waals surface area (Å²) in [6, 6.07) is 36.8. The summed E-state index contributed by atoms with van der Waals surface area (Å²) in [6.45, 7) is 9.19. The van der Waals surface area contributed by atoms with Gasteiger partial charge >= 0.3 is 0 Å². The molecule has 6 aromatic rings. The Hall–Kier alpha value is -3.50. The Labute approximate surface area is 266 Å². The fourth-order valence-electron chi connectivity index (χ4n) is 6.69. The van der Waals surface area contributed by atoms with E-state index in [0.29, 0.717) is 0 Å². The molecule has 2 aliphatic rings. The monoisotopic (exact) mass is 608 g/mol. The van der Waals surface area contributed by atoms with Gasteiger partial charge in [0.2, 0.25) is 0 Å². The van der Waals surface area contributed by atoms with Gasteiger partial charge in [0.05, 0.1) is 0 Å². The van der Waals surface area contributed by atoms with Crippen molar-refractivity contribution in [1.82, 2.24) is 0 Å². The zero-order valence-corrected chi connectivity index (χ0v) is 27.3. The Morgan fingerprint density at radius 2 is 1.28 bits per heavy atom. The van der Waals surface area contributed by atoms with Gasteiger partial charge in [-0.1, -0.05) is 105 Å². The lowest BCUT2D eigenvalue weighted by molar-refractivity contribution is 0.657. The van der Waals surface area contributed by atoms with Crippen LogP contribution in [0.5, 0.6) is 0 Å². The third kappa shape index (κ3) is 4.44. The van der Waals surface area contributed by atoms with Gasteiger partial charge in [0.15, 0.2) is 0 Å². The van der Waals surface area contributed by atoms with Crippen molar-refractivity contribution in [2.24, 2.45) is 0 Å². The maximum atomic E-state index is 2.46. The Morgan fingerprint density at radius 1 is 0.628 bits per heavy atom. The molecule has 0 atom stereocenters. The van der Waals surface area contributed by atoms with Crippen LogP contribution in [0.4, 0.5) is 0 Å². The third-order valence-corrected chi connectivity index (χ3v) is 12.6. The molecule has 0 fully saturated rings. The first kappa shape index (κ1) is 27.1. The summed E-state index contributed by atoms with van der Waals surface area (Å²) < 4.78 is 1.36. The minimum absolute atomic E-state index is 0.0275. The standard InChI is InChI=1S/C40H32S3/c1-5-6-12-29-24(2)41-35-18-16-28(21-32(29)35)26-11-9-10-25(19-26)27-15-17-33-30(20-27)31-22-38-39(23-34(31)40(33,3)4)43-37-14-8-7-13-36(37)42-38/h6-23H,5H2,1-4H3/b12-6-. The number of hydrogen-bond acceptors (Lipinski definition) is 3. The van der Waals surface area contributed by atoms with E-state index in [1.165, 1.54) is 84.6 Å². The van der Waals surface area contributed by atoms with Gasteiger partial charge in [-0.05, 0) is 112 Å². The molecule has 210 valence electrons. The lowest BCUT2D eigenvalue weighted by Gasteiger charge is -2.24. The largest absolute Gasteiger partial charge is 0.140 e. The van der Waals surface area contributed by atoms with Crippen LogP contribution in [-0.4, -0.2) is 0 Å². The predicted octanol–water partition coefficient (Wildman–Crippen LogP) is 12.9. The highest BCUT2D eigenvalue weighted by molar-refractivity contribution is 8.05. The number of rotatable bonds is 4. The molecule has 0 radical (unpaired) electrons. The van der Waals surface area contributed by atoms with E-state index >= 15 is 0 Å². The molecule has 43 heavy (non-hydrogen) atoms. The maximum absolute atomic E-state index is 2.46. The van der Waals surface area contributed by atoms with Crippen LogP contribution in [0, 0.1) is 6.92 Å². The van der Waals surface area contributed by atoms with Crippen LogP contribution in [-0.2, 0) is 5.41 Å². The molecule has 0 amide bonds. The Bertz CT molecular complexity index is 2110. The average molecular weight is 609 g/mol. The molecule has 0 saturated carbocycles. The second-order valence-corrected chi connectivity index (χ2v) is 15.5. The van der Waals surface area contributed by atoms with Crippen molar-refractivity contribution >= 4 is 51.0 Å². The normalized spacial score (nSPS) is 14.5. The summed E-state index contributed by atoms with van der Waals surface area (Å²) in [4.78, 5) is 6.84. The van der Waals surface area contributed by atoms with Gasteiger partial charge in [0.1, 0.15) is 0 Å². The van der Waals surface area contributed by atoms with Crippen molar-refractivity contribution in [2.45, 2.75) is 59.1 Å². The molecule has 0 nitrogen and oxygen atoms in total. The zero-order valence-electron chi connectivity index (χ0n) is 24.8. The SMILES string of the molecule is CC/C=C\c1c(C)sc2ccc(-c3cccc(-c4ccc5c(c4)-c4cc6c(cc4C5(C)C)Sc4ccccc4S6)c3)cc12. The number of thiophene rings is 1. The minimum atomic E-state index is -0.0275. The third-order valence-electron chi connectivity index (χ3n) is 8.99. The first-order valence-corrected chi connectivity index (χ1v) is 17.4. The van der Waals surface area contributed by atoms with Gasteiger partial charge in [-0.3, -0.25) is 0 Å². The molecule has 8 rings (SSSR count). The van der Waals surface area contributed by atoms with Gasteiger partial charge < -0.3 is 0 Å². The summed E-state index contributed by atoms with van der Waals surface area (Å²) in [7, 11) is 0. The van der Waals surface area contributed by atoms with Crippen LogP contribution in [0.2, 0.25) is 0 Å². The minimum Gasteiger partial charge on any atom is -0.140 e. The van der Waals surface area contributed by atoms with E-state index in [4.69, 9.17) is 0 Å². The van der Waals surface area contributed by atoms with E-state index in [1.807, 2.05) is 34.9 Å².